The van der Waals surface area contributed by atoms with Gasteiger partial charge in [-0.3, -0.25) is 9.59 Å². The van der Waals surface area contributed by atoms with E-state index in [0.29, 0.717) is 29.9 Å². The van der Waals surface area contributed by atoms with Crippen LogP contribution in [0.5, 0.6) is 0 Å². The monoisotopic (exact) mass is 600 g/mol. The number of aliphatic hydroxyl groups excluding tert-OH is 1. The van der Waals surface area contributed by atoms with E-state index in [1.165, 1.54) is 19.4 Å². The molecule has 10 atom stereocenters. The van der Waals surface area contributed by atoms with Crippen molar-refractivity contribution in [2.45, 2.75) is 136 Å². The molecule has 1 aliphatic heterocycles. The average Bonchev–Trinajstić information content (AvgIpc) is 3.26. The van der Waals surface area contributed by atoms with Gasteiger partial charge in [0.25, 0.3) is 0 Å². The molecule has 0 unspecified atom stereocenters. The molecule has 234 valence electrons. The van der Waals surface area contributed by atoms with Crippen LogP contribution in [0.25, 0.3) is 0 Å². The molecule has 8 heteroatoms. The van der Waals surface area contributed by atoms with E-state index in [9.17, 15) is 14.7 Å². The van der Waals surface area contributed by atoms with Crippen molar-refractivity contribution in [3.63, 3.8) is 0 Å². The van der Waals surface area contributed by atoms with Gasteiger partial charge in [0, 0.05) is 25.8 Å². The van der Waals surface area contributed by atoms with Gasteiger partial charge in [-0.05, 0) is 108 Å². The fourth-order valence-corrected chi connectivity index (χ4v) is 11.3. The molecule has 3 saturated carbocycles. The fraction of sp³-hybridized carbons (Fsp3) is 0.765. The molecule has 0 amide bonds. The lowest BCUT2D eigenvalue weighted by atomic mass is 9.44. The Kier molecular flexibility index (Phi) is 7.97. The second-order valence-electron chi connectivity index (χ2n) is 15.3. The van der Waals surface area contributed by atoms with E-state index >= 15 is 0 Å². The standard InChI is InChI=1S/C34H52O7Si/c1-19(2)15-28(37)31-20(3)34(41-42(8,9)10)30(40-31)18-27-25-12-11-23-16-24(38-21(4)35)13-14-32(23,6)26(25)17-29(33(27,34)7)39-22(5)36/h18,23-26,28-30,37H,1,11-17H2,2-10H3/t23-,24-,25+,26-,28-,29+,30-,32-,33+,34+/m0/s1. The fourth-order valence-electron chi connectivity index (χ4n) is 9.84. The van der Waals surface area contributed by atoms with Gasteiger partial charge in [0.2, 0.25) is 0 Å². The Morgan fingerprint density at radius 3 is 2.36 bits per heavy atom. The molecule has 0 radical (unpaired) electrons. The third kappa shape index (κ3) is 4.84. The van der Waals surface area contributed by atoms with Gasteiger partial charge in [-0.1, -0.05) is 18.1 Å². The van der Waals surface area contributed by atoms with E-state index in [1.54, 1.807) is 0 Å². The van der Waals surface area contributed by atoms with Crippen molar-refractivity contribution in [3.05, 3.63) is 35.1 Å². The second-order valence-corrected chi connectivity index (χ2v) is 19.7. The first-order chi connectivity index (χ1) is 19.4. The highest BCUT2D eigenvalue weighted by atomic mass is 28.4. The van der Waals surface area contributed by atoms with Gasteiger partial charge >= 0.3 is 11.9 Å². The number of ether oxygens (including phenoxy) is 3. The molecule has 0 aromatic rings. The summed E-state index contributed by atoms with van der Waals surface area (Å²) in [5.41, 5.74) is 1.64. The summed E-state index contributed by atoms with van der Waals surface area (Å²) in [6.45, 7) is 22.2. The van der Waals surface area contributed by atoms with Crippen molar-refractivity contribution < 1.29 is 33.3 Å². The largest absolute Gasteiger partial charge is 0.484 e. The Balaban J connectivity index is 1.60. The summed E-state index contributed by atoms with van der Waals surface area (Å²) < 4.78 is 26.0. The van der Waals surface area contributed by atoms with Crippen LogP contribution >= 0.6 is 0 Å². The van der Waals surface area contributed by atoms with E-state index in [2.05, 4.69) is 46.1 Å². The minimum Gasteiger partial charge on any atom is -0.484 e. The van der Waals surface area contributed by atoms with E-state index in [1.807, 2.05) is 13.8 Å². The number of hydrogen-bond donors (Lipinski definition) is 1. The number of carbonyl (C=O) groups is 2. The van der Waals surface area contributed by atoms with Gasteiger partial charge in [0.15, 0.2) is 8.32 Å². The number of aliphatic hydroxyl groups is 1. The normalized spacial score (nSPS) is 41.4. The number of fused-ring (bicyclic) bond motifs is 7. The molecular formula is C34H52O7Si. The zero-order valence-electron chi connectivity index (χ0n) is 27.2. The molecule has 42 heavy (non-hydrogen) atoms. The lowest BCUT2D eigenvalue weighted by molar-refractivity contribution is -0.185. The zero-order chi connectivity index (χ0) is 31.0. The van der Waals surface area contributed by atoms with E-state index in [-0.39, 0.29) is 23.5 Å². The third-order valence-corrected chi connectivity index (χ3v) is 12.3. The third-order valence-electron chi connectivity index (χ3n) is 11.4. The van der Waals surface area contributed by atoms with Gasteiger partial charge in [-0.25, -0.2) is 0 Å². The maximum absolute atomic E-state index is 12.8. The SMILES string of the molecule is C=C(C)C[C@H](O)C1=C(C)[C@@]2(O[Si](C)(C)C)[C@H](C=C3[C@@H]4CC[C@H]5C[C@@H](OC(C)=O)CC[C@]5(C)[C@H]4C[C@@H](OC(C)=O)[C@@]32C)O1. The van der Waals surface area contributed by atoms with Gasteiger partial charge in [0.05, 0.1) is 5.41 Å². The Bertz CT molecular complexity index is 1210. The summed E-state index contributed by atoms with van der Waals surface area (Å²) >= 11 is 0. The first kappa shape index (κ1) is 31.5. The van der Waals surface area contributed by atoms with Crippen molar-refractivity contribution in [1.82, 2.24) is 0 Å². The van der Waals surface area contributed by atoms with Crippen LogP contribution in [0.3, 0.4) is 0 Å². The quantitative estimate of drug-likeness (QED) is 0.199. The second kappa shape index (κ2) is 10.6. The first-order valence-electron chi connectivity index (χ1n) is 15.9. The summed E-state index contributed by atoms with van der Waals surface area (Å²) in [7, 11) is -2.18. The lowest BCUT2D eigenvalue weighted by Gasteiger charge is -2.62. The summed E-state index contributed by atoms with van der Waals surface area (Å²) in [6, 6.07) is 0. The van der Waals surface area contributed by atoms with Crippen LogP contribution in [-0.2, 0) is 28.2 Å². The summed E-state index contributed by atoms with van der Waals surface area (Å²) in [5.74, 6) is 1.19. The van der Waals surface area contributed by atoms with Crippen LogP contribution in [0.4, 0.5) is 0 Å². The molecule has 0 aromatic heterocycles. The van der Waals surface area contributed by atoms with Gasteiger partial charge in [-0.2, -0.15) is 0 Å². The number of esters is 2. The lowest BCUT2D eigenvalue weighted by Crippen LogP contribution is -2.65. The molecule has 1 N–H and O–H groups in total. The first-order valence-corrected chi connectivity index (χ1v) is 19.3. The molecule has 0 spiro atoms. The Morgan fingerprint density at radius 2 is 1.76 bits per heavy atom. The summed E-state index contributed by atoms with van der Waals surface area (Å²) in [5, 5.41) is 11.3. The molecular weight excluding hydrogens is 548 g/mol. The number of hydrogen-bond acceptors (Lipinski definition) is 7. The van der Waals surface area contributed by atoms with Crippen molar-refractivity contribution in [2.24, 2.45) is 28.6 Å². The van der Waals surface area contributed by atoms with E-state index in [0.717, 1.165) is 49.7 Å². The molecule has 5 aliphatic rings. The van der Waals surface area contributed by atoms with Crippen LogP contribution in [0.15, 0.2) is 35.1 Å². The van der Waals surface area contributed by atoms with E-state index in [4.69, 9.17) is 18.6 Å². The molecule has 4 aliphatic carbocycles. The van der Waals surface area contributed by atoms with Gasteiger partial charge in [-0.15, -0.1) is 6.58 Å². The number of rotatable bonds is 7. The van der Waals surface area contributed by atoms with Gasteiger partial charge < -0.3 is 23.7 Å². The Labute approximate surface area is 253 Å². The summed E-state index contributed by atoms with van der Waals surface area (Å²) in [6.07, 6.45) is 6.69. The van der Waals surface area contributed by atoms with Crippen LogP contribution < -0.4 is 0 Å². The molecule has 3 fully saturated rings. The average molecular weight is 601 g/mol. The molecule has 7 nitrogen and oxygen atoms in total. The van der Waals surface area contributed by atoms with Crippen LogP contribution in [0, 0.1) is 28.6 Å². The highest BCUT2D eigenvalue weighted by Crippen LogP contribution is 2.71. The molecule has 0 saturated heterocycles. The zero-order valence-corrected chi connectivity index (χ0v) is 28.2. The van der Waals surface area contributed by atoms with Crippen molar-refractivity contribution in [3.8, 4) is 0 Å². The maximum atomic E-state index is 12.8. The molecule has 5 rings (SSSR count). The highest BCUT2D eigenvalue weighted by molar-refractivity contribution is 6.69. The minimum absolute atomic E-state index is 0.0149. The smallest absolute Gasteiger partial charge is 0.302 e. The van der Waals surface area contributed by atoms with Crippen LogP contribution in [-0.4, -0.2) is 55.4 Å². The summed E-state index contributed by atoms with van der Waals surface area (Å²) in [4.78, 5) is 24.5. The van der Waals surface area contributed by atoms with E-state index < -0.39 is 37.6 Å². The highest BCUT2D eigenvalue weighted by Gasteiger charge is 2.74. The number of carbonyl (C=O) groups excluding carboxylic acids is 2. The predicted molar refractivity (Wildman–Crippen MR) is 164 cm³/mol. The minimum atomic E-state index is -2.18. The van der Waals surface area contributed by atoms with Gasteiger partial charge in [0.1, 0.15) is 35.8 Å². The molecule has 0 bridgehead atoms. The topological polar surface area (TPSA) is 91.3 Å². The van der Waals surface area contributed by atoms with Crippen LogP contribution in [0.2, 0.25) is 19.6 Å². The molecule has 0 aromatic carbocycles. The van der Waals surface area contributed by atoms with Crippen molar-refractivity contribution in [1.29, 1.82) is 0 Å². The van der Waals surface area contributed by atoms with Crippen molar-refractivity contribution in [2.75, 3.05) is 0 Å². The van der Waals surface area contributed by atoms with Crippen LogP contribution in [0.1, 0.15) is 86.5 Å². The van der Waals surface area contributed by atoms with Crippen molar-refractivity contribution >= 4 is 20.3 Å². The maximum Gasteiger partial charge on any atom is 0.302 e. The molecule has 1 heterocycles. The predicted octanol–water partition coefficient (Wildman–Crippen LogP) is 6.62. The Morgan fingerprint density at radius 1 is 1.10 bits per heavy atom. The Hall–Kier alpha value is -1.90.